The fraction of sp³-hybridized carbons (Fsp3) is 0.0769. The van der Waals surface area contributed by atoms with Crippen molar-refractivity contribution in [1.29, 1.82) is 5.26 Å². The molecule has 158 valence electrons. The van der Waals surface area contributed by atoms with Gasteiger partial charge in [0.1, 0.15) is 11.1 Å². The molecule has 1 aromatic heterocycles. The third-order valence-corrected chi connectivity index (χ3v) is 6.84. The van der Waals surface area contributed by atoms with Crippen LogP contribution in [0.15, 0.2) is 77.8 Å². The van der Waals surface area contributed by atoms with Crippen LogP contribution in [0.4, 0.5) is 0 Å². The molecule has 0 bridgehead atoms. The molecule has 0 aliphatic rings. The maximum atomic E-state index is 10.0. The highest BCUT2D eigenvalue weighted by molar-refractivity contribution is 7.98. The van der Waals surface area contributed by atoms with Crippen molar-refractivity contribution in [2.75, 3.05) is 0 Å². The SMILES string of the molecule is Cc1ccc(-c2cc(-c3ccc(Cl)cc3)c(C#N)c(SCc3ccc(Cl)cc3Cl)n2)cc1. The number of halogens is 3. The first-order chi connectivity index (χ1) is 15.4. The predicted octanol–water partition coefficient (Wildman–Crippen LogP) is 8.85. The molecule has 4 rings (SSSR count). The van der Waals surface area contributed by atoms with Crippen molar-refractivity contribution in [3.8, 4) is 28.5 Å². The van der Waals surface area contributed by atoms with Crippen LogP contribution >= 0.6 is 46.6 Å². The van der Waals surface area contributed by atoms with Gasteiger partial charge in [0, 0.05) is 31.9 Å². The summed E-state index contributed by atoms with van der Waals surface area (Å²) in [4.78, 5) is 4.85. The summed E-state index contributed by atoms with van der Waals surface area (Å²) in [5, 5.41) is 12.5. The first kappa shape index (κ1) is 22.7. The minimum Gasteiger partial charge on any atom is -0.240 e. The van der Waals surface area contributed by atoms with Crippen LogP contribution in [0.1, 0.15) is 16.7 Å². The molecule has 0 aliphatic carbocycles. The van der Waals surface area contributed by atoms with Crippen molar-refractivity contribution >= 4 is 46.6 Å². The number of aromatic nitrogens is 1. The number of benzene rings is 3. The monoisotopic (exact) mass is 494 g/mol. The van der Waals surface area contributed by atoms with Crippen LogP contribution in [0.2, 0.25) is 15.1 Å². The van der Waals surface area contributed by atoms with E-state index in [0.717, 1.165) is 27.9 Å². The van der Waals surface area contributed by atoms with Crippen LogP contribution in [0, 0.1) is 18.3 Å². The van der Waals surface area contributed by atoms with Crippen molar-refractivity contribution in [2.45, 2.75) is 17.7 Å². The highest BCUT2D eigenvalue weighted by Gasteiger charge is 2.16. The van der Waals surface area contributed by atoms with Crippen LogP contribution in [-0.2, 0) is 5.75 Å². The number of rotatable bonds is 5. The number of nitriles is 1. The van der Waals surface area contributed by atoms with E-state index in [9.17, 15) is 5.26 Å². The quantitative estimate of drug-likeness (QED) is 0.259. The van der Waals surface area contributed by atoms with Gasteiger partial charge in [0.25, 0.3) is 0 Å². The molecule has 6 heteroatoms. The van der Waals surface area contributed by atoms with Crippen LogP contribution < -0.4 is 0 Å². The zero-order valence-electron chi connectivity index (χ0n) is 17.1. The molecular weight excluding hydrogens is 479 g/mol. The fourth-order valence-electron chi connectivity index (χ4n) is 3.25. The molecule has 0 N–H and O–H groups in total. The van der Waals surface area contributed by atoms with Gasteiger partial charge in [0.2, 0.25) is 0 Å². The molecule has 0 saturated heterocycles. The Balaban J connectivity index is 1.82. The van der Waals surface area contributed by atoms with Crippen molar-refractivity contribution < 1.29 is 0 Å². The van der Waals surface area contributed by atoms with Gasteiger partial charge in [-0.15, -0.1) is 11.8 Å². The Morgan fingerprint density at radius 2 is 1.50 bits per heavy atom. The van der Waals surface area contributed by atoms with E-state index in [4.69, 9.17) is 39.8 Å². The number of hydrogen-bond donors (Lipinski definition) is 0. The van der Waals surface area contributed by atoms with E-state index in [1.165, 1.54) is 17.3 Å². The molecule has 3 aromatic carbocycles. The van der Waals surface area contributed by atoms with Crippen LogP contribution in [0.5, 0.6) is 0 Å². The molecule has 1 heterocycles. The van der Waals surface area contributed by atoms with E-state index in [-0.39, 0.29) is 0 Å². The summed E-state index contributed by atoms with van der Waals surface area (Å²) in [6, 6.07) is 25.4. The lowest BCUT2D eigenvalue weighted by molar-refractivity contribution is 1.12. The highest BCUT2D eigenvalue weighted by atomic mass is 35.5. The van der Waals surface area contributed by atoms with Crippen molar-refractivity contribution in [2.24, 2.45) is 0 Å². The number of aryl methyl sites for hydroxylation is 1. The average Bonchev–Trinajstić information content (AvgIpc) is 2.79. The smallest absolute Gasteiger partial charge is 0.115 e. The maximum absolute atomic E-state index is 10.0. The second-order valence-electron chi connectivity index (χ2n) is 7.24. The predicted molar refractivity (Wildman–Crippen MR) is 136 cm³/mol. The van der Waals surface area contributed by atoms with Gasteiger partial charge in [-0.05, 0) is 48.4 Å². The fourth-order valence-corrected chi connectivity index (χ4v) is 4.94. The van der Waals surface area contributed by atoms with Gasteiger partial charge < -0.3 is 0 Å². The van der Waals surface area contributed by atoms with Crippen molar-refractivity contribution in [3.05, 3.63) is 105 Å². The number of pyridine rings is 1. The summed E-state index contributed by atoms with van der Waals surface area (Å²) < 4.78 is 0. The molecule has 4 aromatic rings. The summed E-state index contributed by atoms with van der Waals surface area (Å²) in [6.07, 6.45) is 0. The van der Waals surface area contributed by atoms with E-state index in [1.54, 1.807) is 6.07 Å². The third kappa shape index (κ3) is 5.11. The van der Waals surface area contributed by atoms with Crippen LogP contribution in [0.3, 0.4) is 0 Å². The van der Waals surface area contributed by atoms with Gasteiger partial charge >= 0.3 is 0 Å². The maximum Gasteiger partial charge on any atom is 0.115 e. The Kier molecular flexibility index (Phi) is 7.08. The Morgan fingerprint density at radius 1 is 0.844 bits per heavy atom. The van der Waals surface area contributed by atoms with Gasteiger partial charge in [0.05, 0.1) is 11.3 Å². The summed E-state index contributed by atoms with van der Waals surface area (Å²) in [7, 11) is 0. The molecule has 0 radical (unpaired) electrons. The van der Waals surface area contributed by atoms with Gasteiger partial charge in [0.15, 0.2) is 0 Å². The topological polar surface area (TPSA) is 36.7 Å². The minimum atomic E-state index is 0.526. The van der Waals surface area contributed by atoms with Crippen molar-refractivity contribution in [1.82, 2.24) is 4.98 Å². The normalized spacial score (nSPS) is 10.7. The summed E-state index contributed by atoms with van der Waals surface area (Å²) >= 11 is 20.0. The van der Waals surface area contributed by atoms with Crippen LogP contribution in [0.25, 0.3) is 22.4 Å². The molecule has 0 fully saturated rings. The van der Waals surface area contributed by atoms with E-state index in [2.05, 4.69) is 18.2 Å². The molecular formula is C26H17Cl3N2S. The molecule has 0 unspecified atom stereocenters. The lowest BCUT2D eigenvalue weighted by Crippen LogP contribution is -1.96. The minimum absolute atomic E-state index is 0.526. The Morgan fingerprint density at radius 3 is 2.16 bits per heavy atom. The molecule has 0 saturated carbocycles. The Bertz CT molecular complexity index is 1310. The second-order valence-corrected chi connectivity index (χ2v) is 9.49. The van der Waals surface area contributed by atoms with E-state index in [0.29, 0.717) is 31.4 Å². The number of nitrogens with zero attached hydrogens (tertiary/aromatic N) is 2. The Labute approximate surface area is 206 Å². The molecule has 0 atom stereocenters. The largest absolute Gasteiger partial charge is 0.240 e. The zero-order valence-corrected chi connectivity index (χ0v) is 20.2. The summed E-state index contributed by atoms with van der Waals surface area (Å²) in [5.74, 6) is 0.565. The summed E-state index contributed by atoms with van der Waals surface area (Å²) in [6.45, 7) is 2.05. The lowest BCUT2D eigenvalue weighted by Gasteiger charge is -2.13. The molecule has 0 aliphatic heterocycles. The molecule has 32 heavy (non-hydrogen) atoms. The Hall–Kier alpha value is -2.48. The van der Waals surface area contributed by atoms with Gasteiger partial charge in [-0.3, -0.25) is 0 Å². The standard InChI is InChI=1S/C26H17Cl3N2S/c1-16-2-4-18(5-3-16)25-13-22(17-6-9-20(27)10-7-17)23(14-30)26(31-25)32-15-19-8-11-21(28)12-24(19)29/h2-13H,15H2,1H3. The first-order valence-corrected chi connectivity index (χ1v) is 11.9. The average molecular weight is 496 g/mol. The summed E-state index contributed by atoms with van der Waals surface area (Å²) in [5.41, 5.74) is 6.15. The van der Waals surface area contributed by atoms with E-state index >= 15 is 0 Å². The van der Waals surface area contributed by atoms with Gasteiger partial charge in [-0.1, -0.05) is 82.8 Å². The lowest BCUT2D eigenvalue weighted by atomic mass is 9.99. The molecule has 0 spiro atoms. The third-order valence-electron chi connectivity index (χ3n) is 4.98. The highest BCUT2D eigenvalue weighted by Crippen LogP contribution is 2.36. The van der Waals surface area contributed by atoms with E-state index < -0.39 is 0 Å². The van der Waals surface area contributed by atoms with Crippen molar-refractivity contribution in [3.63, 3.8) is 0 Å². The first-order valence-electron chi connectivity index (χ1n) is 9.79. The van der Waals surface area contributed by atoms with Gasteiger partial charge in [-0.25, -0.2) is 4.98 Å². The molecule has 2 nitrogen and oxygen atoms in total. The van der Waals surface area contributed by atoms with E-state index in [1.807, 2.05) is 61.5 Å². The zero-order chi connectivity index (χ0) is 22.7. The number of hydrogen-bond acceptors (Lipinski definition) is 3. The number of thioether (sulfide) groups is 1. The molecule has 0 amide bonds. The van der Waals surface area contributed by atoms with Crippen LogP contribution in [-0.4, -0.2) is 4.98 Å². The van der Waals surface area contributed by atoms with Gasteiger partial charge in [-0.2, -0.15) is 5.26 Å². The second kappa shape index (κ2) is 9.98.